The summed E-state index contributed by atoms with van der Waals surface area (Å²) in [7, 11) is 0. The molecule has 1 atom stereocenters. The summed E-state index contributed by atoms with van der Waals surface area (Å²) in [5.74, 6) is -2.03. The van der Waals surface area contributed by atoms with Crippen molar-refractivity contribution in [1.29, 1.82) is 0 Å². The maximum Gasteiger partial charge on any atom is 0.303 e. The Morgan fingerprint density at radius 2 is 2.05 bits per heavy atom. The van der Waals surface area contributed by atoms with Crippen molar-refractivity contribution in [2.45, 2.75) is 26.7 Å². The van der Waals surface area contributed by atoms with Crippen LogP contribution in [0.1, 0.15) is 37.0 Å². The lowest BCUT2D eigenvalue weighted by molar-refractivity contribution is -0.138. The molecule has 116 valence electrons. The number of nitrogens with one attached hydrogen (secondary N) is 1. The molecular weight excluding hydrogens is 297 g/mol. The zero-order valence-corrected chi connectivity index (χ0v) is 12.8. The first kappa shape index (κ1) is 17.4. The molecule has 0 saturated carbocycles. The zero-order valence-electron chi connectivity index (χ0n) is 12.0. The predicted molar refractivity (Wildman–Crippen MR) is 78.9 cm³/mol. The van der Waals surface area contributed by atoms with Gasteiger partial charge in [-0.05, 0) is 36.5 Å². The molecule has 6 heteroatoms. The fraction of sp³-hybridized carbons (Fsp3) is 0.467. The van der Waals surface area contributed by atoms with E-state index in [-0.39, 0.29) is 29.5 Å². The molecule has 1 aromatic rings. The monoisotopic (exact) mass is 315 g/mol. The van der Waals surface area contributed by atoms with Crippen LogP contribution in [-0.4, -0.2) is 23.5 Å². The van der Waals surface area contributed by atoms with Crippen LogP contribution < -0.4 is 5.32 Å². The first-order chi connectivity index (χ1) is 9.79. The average Bonchev–Trinajstić information content (AvgIpc) is 2.34. The normalized spacial score (nSPS) is 12.2. The number of amides is 1. The summed E-state index contributed by atoms with van der Waals surface area (Å²) in [6.45, 7) is 4.16. The number of carbonyl (C=O) groups is 2. The highest BCUT2D eigenvalue weighted by Gasteiger charge is 2.18. The van der Waals surface area contributed by atoms with Crippen LogP contribution in [0.4, 0.5) is 4.39 Å². The van der Waals surface area contributed by atoms with Crippen molar-refractivity contribution in [2.75, 3.05) is 6.54 Å². The minimum absolute atomic E-state index is 0.0262. The number of hydrogen-bond acceptors (Lipinski definition) is 2. The van der Waals surface area contributed by atoms with Crippen LogP contribution in [0.15, 0.2) is 18.2 Å². The van der Waals surface area contributed by atoms with Crippen LogP contribution in [-0.2, 0) is 4.79 Å². The highest BCUT2D eigenvalue weighted by atomic mass is 35.5. The van der Waals surface area contributed by atoms with Gasteiger partial charge in [-0.3, -0.25) is 9.59 Å². The smallest absolute Gasteiger partial charge is 0.303 e. The number of carboxylic acid groups (broad SMARTS) is 1. The third-order valence-corrected chi connectivity index (χ3v) is 3.23. The molecule has 1 aromatic carbocycles. The van der Waals surface area contributed by atoms with Gasteiger partial charge in [-0.25, -0.2) is 4.39 Å². The van der Waals surface area contributed by atoms with Crippen LogP contribution in [0.25, 0.3) is 0 Å². The van der Waals surface area contributed by atoms with E-state index < -0.39 is 17.7 Å². The summed E-state index contributed by atoms with van der Waals surface area (Å²) >= 11 is 5.63. The molecule has 4 nitrogen and oxygen atoms in total. The fourth-order valence-electron chi connectivity index (χ4n) is 2.16. The summed E-state index contributed by atoms with van der Waals surface area (Å²) in [6, 6.07) is 3.81. The Balaban J connectivity index is 2.65. The molecule has 1 rings (SSSR count). The second kappa shape index (κ2) is 7.98. The molecule has 1 amide bonds. The number of carboxylic acids is 1. The molecule has 0 aliphatic heterocycles. The van der Waals surface area contributed by atoms with Crippen molar-refractivity contribution in [2.24, 2.45) is 11.8 Å². The molecule has 2 N–H and O–H groups in total. The van der Waals surface area contributed by atoms with E-state index in [2.05, 4.69) is 5.32 Å². The van der Waals surface area contributed by atoms with Gasteiger partial charge >= 0.3 is 5.97 Å². The molecular formula is C15H19ClFNO3. The predicted octanol–water partition coefficient (Wildman–Crippen LogP) is 3.35. The van der Waals surface area contributed by atoms with Crippen LogP contribution in [0, 0.1) is 17.7 Å². The van der Waals surface area contributed by atoms with Gasteiger partial charge in [0.1, 0.15) is 5.82 Å². The average molecular weight is 316 g/mol. The van der Waals surface area contributed by atoms with Crippen molar-refractivity contribution in [3.05, 3.63) is 34.6 Å². The SMILES string of the molecule is CC(C)CC(CNC(=O)c1ccc(Cl)cc1F)CC(=O)O. The lowest BCUT2D eigenvalue weighted by atomic mass is 9.94. The van der Waals surface area contributed by atoms with Crippen LogP contribution in [0.2, 0.25) is 5.02 Å². The first-order valence-corrected chi connectivity index (χ1v) is 7.12. The Hall–Kier alpha value is -1.62. The summed E-state index contributed by atoms with van der Waals surface area (Å²) in [6.07, 6.45) is 0.650. The van der Waals surface area contributed by atoms with E-state index in [1.807, 2.05) is 13.8 Å². The summed E-state index contributed by atoms with van der Waals surface area (Å²) in [5.41, 5.74) is -0.0991. The Kier molecular flexibility index (Phi) is 6.62. The molecule has 0 bridgehead atoms. The maximum absolute atomic E-state index is 13.6. The van der Waals surface area contributed by atoms with E-state index in [0.717, 1.165) is 6.07 Å². The van der Waals surface area contributed by atoms with Crippen LogP contribution in [0.3, 0.4) is 0 Å². The largest absolute Gasteiger partial charge is 0.481 e. The molecule has 0 heterocycles. The van der Waals surface area contributed by atoms with E-state index in [1.54, 1.807) is 0 Å². The molecule has 0 radical (unpaired) electrons. The van der Waals surface area contributed by atoms with Gasteiger partial charge in [-0.1, -0.05) is 25.4 Å². The van der Waals surface area contributed by atoms with E-state index in [4.69, 9.17) is 16.7 Å². The molecule has 1 unspecified atom stereocenters. The Bertz CT molecular complexity index is 520. The molecule has 0 fully saturated rings. The van der Waals surface area contributed by atoms with Gasteiger partial charge in [0.2, 0.25) is 0 Å². The van der Waals surface area contributed by atoms with E-state index in [0.29, 0.717) is 12.3 Å². The number of aliphatic carboxylic acids is 1. The molecule has 0 aromatic heterocycles. The van der Waals surface area contributed by atoms with Gasteiger partial charge in [0.15, 0.2) is 0 Å². The van der Waals surface area contributed by atoms with Gasteiger partial charge in [0.25, 0.3) is 5.91 Å². The lowest BCUT2D eigenvalue weighted by Crippen LogP contribution is -2.31. The number of halogens is 2. The van der Waals surface area contributed by atoms with Gasteiger partial charge in [0, 0.05) is 18.0 Å². The summed E-state index contributed by atoms with van der Waals surface area (Å²) < 4.78 is 13.6. The van der Waals surface area contributed by atoms with E-state index >= 15 is 0 Å². The molecule has 0 aliphatic rings. The molecule has 0 spiro atoms. The number of rotatable bonds is 7. The minimum Gasteiger partial charge on any atom is -0.481 e. The lowest BCUT2D eigenvalue weighted by Gasteiger charge is -2.18. The van der Waals surface area contributed by atoms with Crippen molar-refractivity contribution in [3.63, 3.8) is 0 Å². The van der Waals surface area contributed by atoms with Crippen molar-refractivity contribution < 1.29 is 19.1 Å². The van der Waals surface area contributed by atoms with E-state index in [1.165, 1.54) is 12.1 Å². The van der Waals surface area contributed by atoms with Crippen molar-refractivity contribution >= 4 is 23.5 Å². The first-order valence-electron chi connectivity index (χ1n) is 6.74. The number of carbonyl (C=O) groups excluding carboxylic acids is 1. The van der Waals surface area contributed by atoms with Gasteiger partial charge in [0.05, 0.1) is 5.56 Å². The second-order valence-electron chi connectivity index (χ2n) is 5.43. The van der Waals surface area contributed by atoms with Gasteiger partial charge in [-0.15, -0.1) is 0 Å². The Labute approximate surface area is 128 Å². The number of benzene rings is 1. The Morgan fingerprint density at radius 1 is 1.38 bits per heavy atom. The van der Waals surface area contributed by atoms with Crippen LogP contribution >= 0.6 is 11.6 Å². The minimum atomic E-state index is -0.910. The van der Waals surface area contributed by atoms with Gasteiger partial charge in [-0.2, -0.15) is 0 Å². The Morgan fingerprint density at radius 3 is 2.57 bits per heavy atom. The van der Waals surface area contributed by atoms with E-state index in [9.17, 15) is 14.0 Å². The number of hydrogen-bond donors (Lipinski definition) is 2. The summed E-state index contributed by atoms with van der Waals surface area (Å²) in [5, 5.41) is 11.7. The highest BCUT2D eigenvalue weighted by Crippen LogP contribution is 2.17. The topological polar surface area (TPSA) is 66.4 Å². The van der Waals surface area contributed by atoms with Crippen molar-refractivity contribution in [1.82, 2.24) is 5.32 Å². The zero-order chi connectivity index (χ0) is 16.0. The third kappa shape index (κ3) is 6.12. The van der Waals surface area contributed by atoms with Crippen molar-refractivity contribution in [3.8, 4) is 0 Å². The van der Waals surface area contributed by atoms with Crippen LogP contribution in [0.5, 0.6) is 0 Å². The standard InChI is InChI=1S/C15H19ClFNO3/c1-9(2)5-10(6-14(19)20)8-18-15(21)12-4-3-11(16)7-13(12)17/h3-4,7,9-10H,5-6,8H2,1-2H3,(H,18,21)(H,19,20). The molecule has 0 saturated heterocycles. The third-order valence-electron chi connectivity index (χ3n) is 3.00. The summed E-state index contributed by atoms with van der Waals surface area (Å²) in [4.78, 5) is 22.7. The van der Waals surface area contributed by atoms with Gasteiger partial charge < -0.3 is 10.4 Å². The fourth-order valence-corrected chi connectivity index (χ4v) is 2.32. The second-order valence-corrected chi connectivity index (χ2v) is 5.86. The quantitative estimate of drug-likeness (QED) is 0.811. The maximum atomic E-state index is 13.6. The molecule has 0 aliphatic carbocycles. The molecule has 21 heavy (non-hydrogen) atoms. The highest BCUT2D eigenvalue weighted by molar-refractivity contribution is 6.30.